The number of halogens is 1. The zero-order valence-corrected chi connectivity index (χ0v) is 20.3. The van der Waals surface area contributed by atoms with E-state index in [0.29, 0.717) is 6.54 Å². The maximum atomic E-state index is 4.77. The Morgan fingerprint density at radius 1 is 1.35 bits per heavy atom. The van der Waals surface area contributed by atoms with Crippen molar-refractivity contribution in [3.63, 3.8) is 0 Å². The highest BCUT2D eigenvalue weighted by atomic mass is 127. The molecule has 1 atom stereocenters. The Morgan fingerprint density at radius 2 is 2.08 bits per heavy atom. The molecule has 1 aliphatic heterocycles. The SMILES string of the molecule is CCNC(=NCc1sc(C)nc1C)NCC(C)(C)N1CCCC(C)C1.I. The van der Waals surface area contributed by atoms with Crippen LogP contribution in [0.1, 0.15) is 56.1 Å². The third-order valence-electron chi connectivity index (χ3n) is 4.93. The van der Waals surface area contributed by atoms with Gasteiger partial charge in [0.05, 0.1) is 17.2 Å². The Balaban J connectivity index is 0.00000338. The molecule has 7 heteroatoms. The Hall–Kier alpha value is -0.410. The number of hydrogen-bond acceptors (Lipinski definition) is 4. The first kappa shape index (κ1) is 23.6. The third-order valence-corrected chi connectivity index (χ3v) is 5.98. The highest BCUT2D eigenvalue weighted by Gasteiger charge is 2.30. The first-order valence-electron chi connectivity index (χ1n) is 9.52. The summed E-state index contributed by atoms with van der Waals surface area (Å²) in [5.41, 5.74) is 1.23. The van der Waals surface area contributed by atoms with Crippen molar-refractivity contribution >= 4 is 41.3 Å². The van der Waals surface area contributed by atoms with Crippen molar-refractivity contribution in [3.8, 4) is 0 Å². The molecule has 2 rings (SSSR count). The van der Waals surface area contributed by atoms with Crippen molar-refractivity contribution in [1.29, 1.82) is 0 Å². The summed E-state index contributed by atoms with van der Waals surface area (Å²) < 4.78 is 0. The summed E-state index contributed by atoms with van der Waals surface area (Å²) in [6, 6.07) is 0. The molecule has 0 saturated carbocycles. The molecule has 2 heterocycles. The Bertz CT molecular complexity index is 584. The molecule has 5 nitrogen and oxygen atoms in total. The molecule has 1 aliphatic rings. The van der Waals surface area contributed by atoms with Gasteiger partial charge in [0.1, 0.15) is 0 Å². The van der Waals surface area contributed by atoms with Gasteiger partial charge >= 0.3 is 0 Å². The number of nitrogens with zero attached hydrogens (tertiary/aromatic N) is 3. The second kappa shape index (κ2) is 10.8. The Labute approximate surface area is 180 Å². The molecule has 1 fully saturated rings. The smallest absolute Gasteiger partial charge is 0.191 e. The van der Waals surface area contributed by atoms with Crippen LogP contribution in [0.2, 0.25) is 0 Å². The topological polar surface area (TPSA) is 52.6 Å². The van der Waals surface area contributed by atoms with Gasteiger partial charge in [0, 0.05) is 30.1 Å². The van der Waals surface area contributed by atoms with E-state index in [4.69, 9.17) is 4.99 Å². The van der Waals surface area contributed by atoms with Gasteiger partial charge in [-0.15, -0.1) is 35.3 Å². The minimum Gasteiger partial charge on any atom is -0.357 e. The van der Waals surface area contributed by atoms with E-state index < -0.39 is 0 Å². The van der Waals surface area contributed by atoms with Gasteiger partial charge in [-0.3, -0.25) is 4.90 Å². The summed E-state index contributed by atoms with van der Waals surface area (Å²) in [4.78, 5) is 13.1. The van der Waals surface area contributed by atoms with E-state index in [9.17, 15) is 0 Å². The van der Waals surface area contributed by atoms with Gasteiger partial charge in [0.25, 0.3) is 0 Å². The first-order chi connectivity index (χ1) is 11.8. The lowest BCUT2D eigenvalue weighted by molar-refractivity contribution is 0.0739. The second-order valence-corrected chi connectivity index (χ2v) is 9.08. The molecule has 1 saturated heterocycles. The summed E-state index contributed by atoms with van der Waals surface area (Å²) in [5.74, 6) is 1.69. The lowest BCUT2D eigenvalue weighted by atomic mass is 9.93. The molecule has 0 aromatic carbocycles. The number of likely N-dealkylation sites (tertiary alicyclic amines) is 1. The number of aryl methyl sites for hydroxylation is 2. The minimum absolute atomic E-state index is 0. The fourth-order valence-electron chi connectivity index (χ4n) is 3.36. The number of rotatable bonds is 6. The van der Waals surface area contributed by atoms with E-state index in [1.807, 2.05) is 0 Å². The quantitative estimate of drug-likeness (QED) is 0.358. The number of nitrogens with one attached hydrogen (secondary N) is 2. The predicted octanol–water partition coefficient (Wildman–Crippen LogP) is 3.94. The van der Waals surface area contributed by atoms with Gasteiger partial charge in [0.15, 0.2) is 5.96 Å². The molecular weight excluding hydrogens is 457 g/mol. The normalized spacial score (nSPS) is 19.2. The summed E-state index contributed by atoms with van der Waals surface area (Å²) in [6.07, 6.45) is 2.67. The molecule has 1 unspecified atom stereocenters. The third kappa shape index (κ3) is 6.96. The maximum Gasteiger partial charge on any atom is 0.191 e. The summed E-state index contributed by atoms with van der Waals surface area (Å²) in [7, 11) is 0. The van der Waals surface area contributed by atoms with E-state index in [2.05, 4.69) is 62.1 Å². The number of guanidine groups is 1. The van der Waals surface area contributed by atoms with E-state index in [-0.39, 0.29) is 29.5 Å². The van der Waals surface area contributed by atoms with Crippen LogP contribution in [0.15, 0.2) is 4.99 Å². The summed E-state index contributed by atoms with van der Waals surface area (Å²) in [5, 5.41) is 8.03. The molecular formula is C19H36IN5S. The zero-order chi connectivity index (χ0) is 18.4. The summed E-state index contributed by atoms with van der Waals surface area (Å²) in [6.45, 7) is 18.1. The van der Waals surface area contributed by atoms with Crippen LogP contribution in [-0.2, 0) is 6.54 Å². The number of piperidine rings is 1. The number of aromatic nitrogens is 1. The molecule has 1 aromatic rings. The van der Waals surface area contributed by atoms with Crippen molar-refractivity contribution < 1.29 is 0 Å². The van der Waals surface area contributed by atoms with Crippen molar-refractivity contribution in [2.45, 2.75) is 66.5 Å². The largest absolute Gasteiger partial charge is 0.357 e. The van der Waals surface area contributed by atoms with Crippen LogP contribution in [0.3, 0.4) is 0 Å². The second-order valence-electron chi connectivity index (χ2n) is 7.80. The molecule has 0 radical (unpaired) electrons. The van der Waals surface area contributed by atoms with E-state index >= 15 is 0 Å². The molecule has 26 heavy (non-hydrogen) atoms. The first-order valence-corrected chi connectivity index (χ1v) is 10.3. The molecule has 150 valence electrons. The molecule has 0 spiro atoms. The van der Waals surface area contributed by atoms with Crippen molar-refractivity contribution in [2.24, 2.45) is 10.9 Å². The molecule has 0 aliphatic carbocycles. The fourth-order valence-corrected chi connectivity index (χ4v) is 4.23. The molecule has 0 bridgehead atoms. The van der Waals surface area contributed by atoms with Crippen molar-refractivity contribution in [1.82, 2.24) is 20.5 Å². The van der Waals surface area contributed by atoms with Crippen LogP contribution in [-0.4, -0.2) is 47.6 Å². The van der Waals surface area contributed by atoms with Crippen molar-refractivity contribution in [2.75, 3.05) is 26.2 Å². The van der Waals surface area contributed by atoms with Gasteiger partial charge in [-0.25, -0.2) is 9.98 Å². The van der Waals surface area contributed by atoms with Gasteiger partial charge in [-0.05, 0) is 59.9 Å². The molecule has 2 N–H and O–H groups in total. The van der Waals surface area contributed by atoms with E-state index in [0.717, 1.165) is 35.7 Å². The molecule has 0 amide bonds. The van der Waals surface area contributed by atoms with Crippen LogP contribution < -0.4 is 10.6 Å². The van der Waals surface area contributed by atoms with Gasteiger partial charge in [-0.1, -0.05) is 6.92 Å². The predicted molar refractivity (Wildman–Crippen MR) is 124 cm³/mol. The lowest BCUT2D eigenvalue weighted by Gasteiger charge is -2.43. The summed E-state index contributed by atoms with van der Waals surface area (Å²) >= 11 is 1.74. The van der Waals surface area contributed by atoms with Crippen LogP contribution in [0.5, 0.6) is 0 Å². The molecule has 1 aromatic heterocycles. The van der Waals surface area contributed by atoms with Crippen LogP contribution in [0.25, 0.3) is 0 Å². The van der Waals surface area contributed by atoms with Gasteiger partial charge in [0.2, 0.25) is 0 Å². The van der Waals surface area contributed by atoms with Crippen LogP contribution in [0, 0.1) is 19.8 Å². The Kier molecular flexibility index (Phi) is 9.82. The van der Waals surface area contributed by atoms with E-state index in [1.165, 1.54) is 30.8 Å². The minimum atomic E-state index is 0. The lowest BCUT2D eigenvalue weighted by Crippen LogP contribution is -2.55. The standard InChI is InChI=1S/C19H35N5S.HI/c1-7-20-18(21-11-17-15(3)23-16(4)25-17)22-13-19(5,6)24-10-8-9-14(2)12-24;/h14H,7-13H2,1-6H3,(H2,20,21,22);1H. The van der Waals surface area contributed by atoms with Gasteiger partial charge < -0.3 is 10.6 Å². The number of hydrogen-bond donors (Lipinski definition) is 2. The monoisotopic (exact) mass is 493 g/mol. The average molecular weight is 494 g/mol. The number of thiazole rings is 1. The zero-order valence-electron chi connectivity index (χ0n) is 17.2. The van der Waals surface area contributed by atoms with Gasteiger partial charge in [-0.2, -0.15) is 0 Å². The highest BCUT2D eigenvalue weighted by Crippen LogP contribution is 2.23. The number of aliphatic imine (C=N–C) groups is 1. The van der Waals surface area contributed by atoms with E-state index in [1.54, 1.807) is 11.3 Å². The highest BCUT2D eigenvalue weighted by molar-refractivity contribution is 14.0. The van der Waals surface area contributed by atoms with Crippen LogP contribution >= 0.6 is 35.3 Å². The van der Waals surface area contributed by atoms with Crippen molar-refractivity contribution in [3.05, 3.63) is 15.6 Å². The van der Waals surface area contributed by atoms with Crippen LogP contribution in [0.4, 0.5) is 0 Å². The fraction of sp³-hybridized carbons (Fsp3) is 0.789. The average Bonchev–Trinajstić information content (AvgIpc) is 2.88. The Morgan fingerprint density at radius 3 is 2.65 bits per heavy atom. The maximum absolute atomic E-state index is 4.77.